The summed E-state index contributed by atoms with van der Waals surface area (Å²) in [5.41, 5.74) is 7.28. The summed E-state index contributed by atoms with van der Waals surface area (Å²) in [6.07, 6.45) is -4.72. The average molecular weight is 399 g/mol. The van der Waals surface area contributed by atoms with E-state index >= 15 is 0 Å². The molecule has 0 unspecified atom stereocenters. The quantitative estimate of drug-likeness (QED) is 0.799. The van der Waals surface area contributed by atoms with Gasteiger partial charge in [-0.25, -0.2) is 0 Å². The summed E-state index contributed by atoms with van der Waals surface area (Å²) < 4.78 is 40.7. The largest absolute Gasteiger partial charge is 0.573 e. The molecule has 3 N–H and O–H groups in total. The van der Waals surface area contributed by atoms with E-state index < -0.39 is 12.4 Å². The van der Waals surface area contributed by atoms with Crippen LogP contribution < -0.4 is 10.5 Å². The number of aromatic hydroxyl groups is 1. The molecule has 0 fully saturated rings. The van der Waals surface area contributed by atoms with E-state index in [-0.39, 0.29) is 23.9 Å². The van der Waals surface area contributed by atoms with Crippen molar-refractivity contribution in [1.29, 1.82) is 0 Å². The molecule has 3 nitrogen and oxygen atoms in total. The third-order valence-corrected chi connectivity index (χ3v) is 3.51. The fourth-order valence-electron chi connectivity index (χ4n) is 1.83. The van der Waals surface area contributed by atoms with E-state index in [2.05, 4.69) is 20.7 Å². The Balaban J connectivity index is 0.00000242. The SMILES string of the molecule is Cl.N[C@H](c1ccc(OC(F)(F)F)cc1)c1cc(O)ccc1Br. The Kier molecular flexibility index (Phi) is 6.10. The second kappa shape index (κ2) is 7.21. The molecule has 22 heavy (non-hydrogen) atoms. The lowest BCUT2D eigenvalue weighted by Crippen LogP contribution is -2.17. The van der Waals surface area contributed by atoms with Crippen LogP contribution in [0.4, 0.5) is 13.2 Å². The van der Waals surface area contributed by atoms with Crippen LogP contribution in [0, 0.1) is 0 Å². The van der Waals surface area contributed by atoms with Gasteiger partial charge in [0.15, 0.2) is 0 Å². The molecule has 0 aliphatic heterocycles. The van der Waals surface area contributed by atoms with Crippen LogP contribution in [0.2, 0.25) is 0 Å². The highest BCUT2D eigenvalue weighted by Gasteiger charge is 2.31. The molecule has 0 aliphatic carbocycles. The Morgan fingerprint density at radius 2 is 1.68 bits per heavy atom. The van der Waals surface area contributed by atoms with Crippen molar-refractivity contribution >= 4 is 28.3 Å². The Bertz CT molecular complexity index is 635. The van der Waals surface area contributed by atoms with E-state index in [9.17, 15) is 18.3 Å². The molecule has 1 atom stereocenters. The van der Waals surface area contributed by atoms with E-state index in [1.165, 1.54) is 36.4 Å². The number of rotatable bonds is 3. The Morgan fingerprint density at radius 1 is 1.09 bits per heavy atom. The van der Waals surface area contributed by atoms with E-state index in [1.54, 1.807) is 6.07 Å². The Labute approximate surface area is 139 Å². The first-order chi connectivity index (χ1) is 9.76. The highest BCUT2D eigenvalue weighted by Crippen LogP contribution is 2.31. The molecule has 0 aromatic heterocycles. The van der Waals surface area contributed by atoms with Crippen molar-refractivity contribution in [1.82, 2.24) is 0 Å². The monoisotopic (exact) mass is 397 g/mol. The highest BCUT2D eigenvalue weighted by molar-refractivity contribution is 9.10. The molecule has 2 rings (SSSR count). The van der Waals surface area contributed by atoms with Crippen molar-refractivity contribution in [3.63, 3.8) is 0 Å². The number of benzene rings is 2. The molecule has 0 spiro atoms. The van der Waals surface area contributed by atoms with Crippen molar-refractivity contribution in [3.8, 4) is 11.5 Å². The lowest BCUT2D eigenvalue weighted by Gasteiger charge is -2.16. The first-order valence-corrected chi connectivity index (χ1v) is 6.65. The molecule has 0 heterocycles. The topological polar surface area (TPSA) is 55.5 Å². The summed E-state index contributed by atoms with van der Waals surface area (Å²) in [7, 11) is 0. The molecule has 8 heteroatoms. The number of nitrogens with two attached hydrogens (primary N) is 1. The maximum Gasteiger partial charge on any atom is 0.573 e. The van der Waals surface area contributed by atoms with E-state index in [0.29, 0.717) is 15.6 Å². The zero-order chi connectivity index (χ0) is 15.6. The van der Waals surface area contributed by atoms with Crippen LogP contribution in [0.1, 0.15) is 17.2 Å². The molecular weight excluding hydrogens is 387 g/mol. The standard InChI is InChI=1S/C14H11BrF3NO2.ClH/c15-12-6-3-9(20)7-11(12)13(19)8-1-4-10(5-2-8)21-14(16,17)18;/h1-7,13,20H,19H2;1H/t13-;/m1./s1. The molecule has 2 aromatic carbocycles. The van der Waals surface area contributed by atoms with Crippen molar-refractivity contribution in [2.45, 2.75) is 12.4 Å². The number of hydrogen-bond donors (Lipinski definition) is 2. The molecule has 0 saturated heterocycles. The van der Waals surface area contributed by atoms with Crippen LogP contribution >= 0.6 is 28.3 Å². The molecule has 0 aliphatic rings. The van der Waals surface area contributed by atoms with E-state index in [4.69, 9.17) is 5.73 Å². The van der Waals surface area contributed by atoms with Gasteiger partial charge in [0.1, 0.15) is 11.5 Å². The first-order valence-electron chi connectivity index (χ1n) is 5.86. The van der Waals surface area contributed by atoms with Gasteiger partial charge in [-0.2, -0.15) is 0 Å². The minimum atomic E-state index is -4.72. The number of halogens is 5. The summed E-state index contributed by atoms with van der Waals surface area (Å²) in [5, 5.41) is 9.48. The summed E-state index contributed by atoms with van der Waals surface area (Å²) in [6, 6.07) is 9.33. The van der Waals surface area contributed by atoms with Gasteiger partial charge in [0, 0.05) is 4.47 Å². The molecular formula is C14H12BrClF3NO2. The van der Waals surface area contributed by atoms with Gasteiger partial charge in [-0.15, -0.1) is 25.6 Å². The maximum absolute atomic E-state index is 12.1. The van der Waals surface area contributed by atoms with E-state index in [1.807, 2.05) is 0 Å². The fourth-order valence-corrected chi connectivity index (χ4v) is 2.32. The predicted octanol–water partition coefficient (Wildman–Crippen LogP) is 4.52. The van der Waals surface area contributed by atoms with Crippen LogP contribution in [0.25, 0.3) is 0 Å². The van der Waals surface area contributed by atoms with Crippen LogP contribution in [-0.4, -0.2) is 11.5 Å². The minimum absolute atomic E-state index is 0. The minimum Gasteiger partial charge on any atom is -0.508 e. The molecule has 0 saturated carbocycles. The molecule has 0 amide bonds. The van der Waals surface area contributed by atoms with Crippen molar-refractivity contribution in [3.05, 3.63) is 58.1 Å². The number of hydrogen-bond acceptors (Lipinski definition) is 3. The third kappa shape index (κ3) is 4.79. The molecule has 2 aromatic rings. The summed E-state index contributed by atoms with van der Waals surface area (Å²) in [4.78, 5) is 0. The number of phenols is 1. The van der Waals surface area contributed by atoms with Crippen LogP contribution in [0.15, 0.2) is 46.9 Å². The highest BCUT2D eigenvalue weighted by atomic mass is 79.9. The van der Waals surface area contributed by atoms with Crippen LogP contribution in [-0.2, 0) is 0 Å². The third-order valence-electron chi connectivity index (χ3n) is 2.79. The number of alkyl halides is 3. The van der Waals surface area contributed by atoms with Crippen molar-refractivity contribution < 1.29 is 23.0 Å². The normalized spacial score (nSPS) is 12.4. The zero-order valence-corrected chi connectivity index (χ0v) is 13.4. The average Bonchev–Trinajstić information content (AvgIpc) is 2.40. The zero-order valence-electron chi connectivity index (χ0n) is 11.0. The summed E-state index contributed by atoms with van der Waals surface area (Å²) in [5.74, 6) is -0.255. The van der Waals surface area contributed by atoms with E-state index in [0.717, 1.165) is 0 Å². The van der Waals surface area contributed by atoms with Crippen molar-refractivity contribution in [2.75, 3.05) is 0 Å². The van der Waals surface area contributed by atoms with Gasteiger partial charge in [0.05, 0.1) is 6.04 Å². The molecule has 0 bridgehead atoms. The number of phenolic OH excluding ortho intramolecular Hbond substituents is 1. The smallest absolute Gasteiger partial charge is 0.508 e. The van der Waals surface area contributed by atoms with Crippen LogP contribution in [0.5, 0.6) is 11.5 Å². The van der Waals surface area contributed by atoms with Gasteiger partial charge in [-0.1, -0.05) is 28.1 Å². The summed E-state index contributed by atoms with van der Waals surface area (Å²) in [6.45, 7) is 0. The fraction of sp³-hybridized carbons (Fsp3) is 0.143. The Morgan fingerprint density at radius 3 is 2.23 bits per heavy atom. The summed E-state index contributed by atoms with van der Waals surface area (Å²) >= 11 is 3.32. The molecule has 120 valence electrons. The second-order valence-electron chi connectivity index (χ2n) is 4.30. The van der Waals surface area contributed by atoms with Crippen LogP contribution in [0.3, 0.4) is 0 Å². The van der Waals surface area contributed by atoms with Crippen molar-refractivity contribution in [2.24, 2.45) is 5.73 Å². The van der Waals surface area contributed by atoms with Gasteiger partial charge in [-0.05, 0) is 41.5 Å². The lowest BCUT2D eigenvalue weighted by molar-refractivity contribution is -0.274. The van der Waals surface area contributed by atoms with Gasteiger partial charge >= 0.3 is 6.36 Å². The number of ether oxygens (including phenoxy) is 1. The molecule has 0 radical (unpaired) electrons. The first kappa shape index (κ1) is 18.6. The second-order valence-corrected chi connectivity index (χ2v) is 5.15. The predicted molar refractivity (Wildman–Crippen MR) is 82.2 cm³/mol. The maximum atomic E-state index is 12.1. The van der Waals surface area contributed by atoms with Gasteiger partial charge in [0.2, 0.25) is 0 Å². The Hall–Kier alpha value is -1.44. The van der Waals surface area contributed by atoms with Gasteiger partial charge < -0.3 is 15.6 Å². The van der Waals surface area contributed by atoms with Gasteiger partial charge in [0.25, 0.3) is 0 Å². The lowest BCUT2D eigenvalue weighted by atomic mass is 9.99. The van der Waals surface area contributed by atoms with Gasteiger partial charge in [-0.3, -0.25) is 0 Å².